The molecule has 6 nitrogen and oxygen atoms in total. The van der Waals surface area contributed by atoms with Gasteiger partial charge in [-0.3, -0.25) is 0 Å². The Morgan fingerprint density at radius 1 is 1.67 bits per heavy atom. The fourth-order valence-corrected chi connectivity index (χ4v) is 0.809. The number of ether oxygens (including phenoxy) is 1. The van der Waals surface area contributed by atoms with Gasteiger partial charge in [-0.05, 0) is 28.0 Å². The molecule has 0 atom stereocenters. The summed E-state index contributed by atoms with van der Waals surface area (Å²) in [6.45, 7) is 0. The van der Waals surface area contributed by atoms with Gasteiger partial charge in [0.15, 0.2) is 0 Å². The van der Waals surface area contributed by atoms with Gasteiger partial charge in [0.25, 0.3) is 0 Å². The van der Waals surface area contributed by atoms with Gasteiger partial charge in [-0.15, -0.1) is 0 Å². The number of pyridine rings is 1. The molecule has 0 unspecified atom stereocenters. The van der Waals surface area contributed by atoms with Crippen molar-refractivity contribution in [2.24, 2.45) is 0 Å². The van der Waals surface area contributed by atoms with Crippen LogP contribution in [0.2, 0.25) is 0 Å². The molecule has 1 heterocycles. The maximum atomic E-state index is 10.7. The molecule has 15 heavy (non-hydrogen) atoms. The molecule has 0 N–H and O–H groups in total. The van der Waals surface area contributed by atoms with Gasteiger partial charge in [0.2, 0.25) is 0 Å². The summed E-state index contributed by atoms with van der Waals surface area (Å²) in [6, 6.07) is 2.90. The topological polar surface area (TPSA) is 82.3 Å². The Labute approximate surface area is 85.0 Å². The highest BCUT2D eigenvalue weighted by molar-refractivity contribution is 5.89. The fraction of sp³-hybridized carbons (Fsp3) is 0.111. The molecule has 1 aromatic rings. The van der Waals surface area contributed by atoms with Crippen LogP contribution >= 0.6 is 0 Å². The van der Waals surface area contributed by atoms with E-state index in [2.05, 4.69) is 21.6 Å². The summed E-state index contributed by atoms with van der Waals surface area (Å²) in [5.74, 6) is 3.27. The molecule has 0 radical (unpaired) electrons. The van der Waals surface area contributed by atoms with Gasteiger partial charge in [0.1, 0.15) is 11.8 Å². The monoisotopic (exact) mass is 206 g/mol. The summed E-state index contributed by atoms with van der Waals surface area (Å²) in [4.78, 5) is 24.0. The predicted octanol–water partition coefficient (Wildman–Crippen LogP) is 0.514. The Kier molecular flexibility index (Phi) is 3.35. The van der Waals surface area contributed by atoms with Crippen molar-refractivity contribution in [1.82, 2.24) is 4.98 Å². The Bertz CT molecular complexity index is 459. The number of nitro groups is 1. The molecule has 0 aliphatic heterocycles. The third kappa shape index (κ3) is 2.77. The molecule has 0 aromatic carbocycles. The van der Waals surface area contributed by atoms with Gasteiger partial charge in [-0.1, -0.05) is 0 Å². The second-order valence-electron chi connectivity index (χ2n) is 2.37. The fourth-order valence-electron chi connectivity index (χ4n) is 0.809. The molecule has 0 amide bonds. The number of hydrogen-bond acceptors (Lipinski definition) is 5. The molecule has 0 bridgehead atoms. The zero-order valence-electron chi connectivity index (χ0n) is 7.76. The maximum Gasteiger partial charge on any atom is 0.384 e. The number of nitrogens with zero attached hydrogens (tertiary/aromatic N) is 2. The standard InChI is InChI=1S/C9H6N2O4/c1-15-8(12)5-4-7-3-2-6-10-9(7)11(13)14/h2-3,6H,1H3. The average Bonchev–Trinajstić information content (AvgIpc) is 2.26. The zero-order valence-corrected chi connectivity index (χ0v) is 7.76. The Morgan fingerprint density at radius 2 is 2.40 bits per heavy atom. The second kappa shape index (κ2) is 4.72. The van der Waals surface area contributed by atoms with E-state index in [-0.39, 0.29) is 11.4 Å². The van der Waals surface area contributed by atoms with Crippen LogP contribution in [-0.4, -0.2) is 23.0 Å². The largest absolute Gasteiger partial charge is 0.459 e. The van der Waals surface area contributed by atoms with Crippen LogP contribution in [0.5, 0.6) is 0 Å². The van der Waals surface area contributed by atoms with Crippen LogP contribution in [0.15, 0.2) is 18.3 Å². The van der Waals surface area contributed by atoms with E-state index >= 15 is 0 Å². The average molecular weight is 206 g/mol. The van der Waals surface area contributed by atoms with Crippen LogP contribution in [0.4, 0.5) is 5.82 Å². The molecule has 1 rings (SSSR count). The second-order valence-corrected chi connectivity index (χ2v) is 2.37. The van der Waals surface area contributed by atoms with E-state index in [1.165, 1.54) is 25.4 Å². The van der Waals surface area contributed by atoms with Crippen LogP contribution in [0.1, 0.15) is 5.56 Å². The number of methoxy groups -OCH3 is 1. The van der Waals surface area contributed by atoms with Gasteiger partial charge < -0.3 is 14.9 Å². The van der Waals surface area contributed by atoms with E-state index in [4.69, 9.17) is 0 Å². The van der Waals surface area contributed by atoms with Crippen LogP contribution < -0.4 is 0 Å². The highest BCUT2D eigenvalue weighted by atomic mass is 16.6. The van der Waals surface area contributed by atoms with Crippen LogP contribution in [0.3, 0.4) is 0 Å². The van der Waals surface area contributed by atoms with Crippen molar-refractivity contribution >= 4 is 11.8 Å². The molecule has 0 fully saturated rings. The van der Waals surface area contributed by atoms with Gasteiger partial charge >= 0.3 is 11.8 Å². The van der Waals surface area contributed by atoms with Crippen molar-refractivity contribution in [3.63, 3.8) is 0 Å². The normalized spacial score (nSPS) is 8.60. The number of carbonyl (C=O) groups is 1. The lowest BCUT2D eigenvalue weighted by molar-refractivity contribution is -0.389. The van der Waals surface area contributed by atoms with Crippen molar-refractivity contribution in [2.45, 2.75) is 0 Å². The summed E-state index contributed by atoms with van der Waals surface area (Å²) in [6.07, 6.45) is 1.28. The lowest BCUT2D eigenvalue weighted by atomic mass is 10.2. The lowest BCUT2D eigenvalue weighted by Gasteiger charge is -1.93. The molecule has 0 aliphatic rings. The number of hydrogen-bond donors (Lipinski definition) is 0. The maximum absolute atomic E-state index is 10.7. The number of rotatable bonds is 1. The highest BCUT2D eigenvalue weighted by Crippen LogP contribution is 2.11. The van der Waals surface area contributed by atoms with Gasteiger partial charge in [0, 0.05) is 5.92 Å². The minimum atomic E-state index is -0.756. The summed E-state index contributed by atoms with van der Waals surface area (Å²) < 4.78 is 4.27. The van der Waals surface area contributed by atoms with Crippen molar-refractivity contribution in [2.75, 3.05) is 7.11 Å². The first kappa shape index (κ1) is 10.7. The summed E-state index contributed by atoms with van der Waals surface area (Å²) in [5, 5.41) is 10.5. The van der Waals surface area contributed by atoms with Gasteiger partial charge in [0.05, 0.1) is 7.11 Å². The Hall–Kier alpha value is -2.42. The molecule has 76 valence electrons. The smallest absolute Gasteiger partial charge is 0.384 e. The van der Waals surface area contributed by atoms with E-state index in [9.17, 15) is 14.9 Å². The summed E-state index contributed by atoms with van der Waals surface area (Å²) in [7, 11) is 1.18. The molecular weight excluding hydrogens is 200 g/mol. The predicted molar refractivity (Wildman–Crippen MR) is 49.8 cm³/mol. The van der Waals surface area contributed by atoms with Crippen LogP contribution in [-0.2, 0) is 9.53 Å². The number of carbonyl (C=O) groups excluding carboxylic acids is 1. The molecule has 6 heteroatoms. The number of esters is 1. The minimum absolute atomic E-state index is 0.0768. The molecule has 0 spiro atoms. The third-order valence-electron chi connectivity index (χ3n) is 1.44. The van der Waals surface area contributed by atoms with Crippen molar-refractivity contribution in [3.8, 4) is 11.8 Å². The van der Waals surface area contributed by atoms with Crippen molar-refractivity contribution in [3.05, 3.63) is 34.0 Å². The van der Waals surface area contributed by atoms with E-state index in [0.29, 0.717) is 0 Å². The van der Waals surface area contributed by atoms with E-state index in [1.54, 1.807) is 0 Å². The van der Waals surface area contributed by atoms with Gasteiger partial charge in [-0.2, -0.15) is 0 Å². The first-order valence-corrected chi connectivity index (χ1v) is 3.84. The summed E-state index contributed by atoms with van der Waals surface area (Å²) >= 11 is 0. The van der Waals surface area contributed by atoms with Crippen LogP contribution in [0, 0.1) is 22.0 Å². The molecule has 1 aromatic heterocycles. The van der Waals surface area contributed by atoms with Gasteiger partial charge in [-0.25, -0.2) is 4.79 Å². The Morgan fingerprint density at radius 3 is 3.00 bits per heavy atom. The van der Waals surface area contributed by atoms with E-state index < -0.39 is 10.9 Å². The first-order valence-electron chi connectivity index (χ1n) is 3.84. The SMILES string of the molecule is COC(=O)C#Cc1cccnc1[N+](=O)[O-]. The zero-order chi connectivity index (χ0) is 11.3. The highest BCUT2D eigenvalue weighted by Gasteiger charge is 2.11. The Balaban J connectivity index is 3.08. The molecule has 0 aliphatic carbocycles. The first-order chi connectivity index (χ1) is 7.15. The quantitative estimate of drug-likeness (QED) is 0.289. The lowest BCUT2D eigenvalue weighted by Crippen LogP contribution is -1.97. The van der Waals surface area contributed by atoms with E-state index in [1.807, 2.05) is 0 Å². The minimum Gasteiger partial charge on any atom is -0.459 e. The summed E-state index contributed by atoms with van der Waals surface area (Å²) in [5.41, 5.74) is 0.0768. The molecular formula is C9H6N2O4. The van der Waals surface area contributed by atoms with Crippen molar-refractivity contribution in [1.29, 1.82) is 0 Å². The van der Waals surface area contributed by atoms with E-state index in [0.717, 1.165) is 0 Å². The third-order valence-corrected chi connectivity index (χ3v) is 1.44. The van der Waals surface area contributed by atoms with Crippen LogP contribution in [0.25, 0.3) is 0 Å². The van der Waals surface area contributed by atoms with Crippen molar-refractivity contribution < 1.29 is 14.5 Å². The number of aromatic nitrogens is 1. The molecule has 0 saturated carbocycles. The molecule has 0 saturated heterocycles.